The third-order valence-electron chi connectivity index (χ3n) is 4.65. The number of hydrogen-bond donors (Lipinski definition) is 2. The molecule has 29 heavy (non-hydrogen) atoms. The number of pyridine rings is 1. The van der Waals surface area contributed by atoms with E-state index in [4.69, 9.17) is 4.74 Å². The maximum Gasteiger partial charge on any atom is 0.250 e. The quantitative estimate of drug-likeness (QED) is 0.725. The summed E-state index contributed by atoms with van der Waals surface area (Å²) in [5.41, 5.74) is 2.33. The van der Waals surface area contributed by atoms with Crippen molar-refractivity contribution in [1.82, 2.24) is 20.5 Å². The van der Waals surface area contributed by atoms with Crippen molar-refractivity contribution in [2.45, 2.75) is 25.6 Å². The van der Waals surface area contributed by atoms with Gasteiger partial charge in [-0.3, -0.25) is 14.6 Å². The van der Waals surface area contributed by atoms with Crippen molar-refractivity contribution in [2.24, 2.45) is 0 Å². The van der Waals surface area contributed by atoms with Crippen molar-refractivity contribution in [3.05, 3.63) is 65.2 Å². The lowest BCUT2D eigenvalue weighted by atomic mass is 10.1. The summed E-state index contributed by atoms with van der Waals surface area (Å²) in [6.45, 7) is 2.57. The SMILES string of the molecule is CN1CCOC(C(=O)NCc2cc(CNC(=O)Cc3ccc(F)cc3)ccn2)C1. The lowest BCUT2D eigenvalue weighted by Gasteiger charge is -2.29. The molecule has 1 unspecified atom stereocenters. The molecule has 1 aliphatic heterocycles. The molecule has 1 saturated heterocycles. The van der Waals surface area contributed by atoms with E-state index in [0.717, 1.165) is 17.7 Å². The second-order valence-corrected chi connectivity index (χ2v) is 7.07. The number of carbonyl (C=O) groups excluding carboxylic acids is 2. The predicted octanol–water partition coefficient (Wildman–Crippen LogP) is 1.03. The number of aromatic nitrogens is 1. The van der Waals surface area contributed by atoms with E-state index in [1.165, 1.54) is 12.1 Å². The molecule has 1 atom stereocenters. The van der Waals surface area contributed by atoms with Crippen molar-refractivity contribution in [3.63, 3.8) is 0 Å². The van der Waals surface area contributed by atoms with Gasteiger partial charge in [0.2, 0.25) is 5.91 Å². The third-order valence-corrected chi connectivity index (χ3v) is 4.65. The van der Waals surface area contributed by atoms with Crippen molar-refractivity contribution < 1.29 is 18.7 Å². The van der Waals surface area contributed by atoms with Crippen molar-refractivity contribution in [3.8, 4) is 0 Å². The molecule has 0 spiro atoms. The van der Waals surface area contributed by atoms with Gasteiger partial charge >= 0.3 is 0 Å². The Hall–Kier alpha value is -2.84. The molecular formula is C21H25FN4O3. The van der Waals surface area contributed by atoms with Crippen LogP contribution in [0.15, 0.2) is 42.6 Å². The van der Waals surface area contributed by atoms with Gasteiger partial charge < -0.3 is 20.3 Å². The molecule has 3 rings (SSSR count). The van der Waals surface area contributed by atoms with Crippen LogP contribution in [0.2, 0.25) is 0 Å². The van der Waals surface area contributed by atoms with Gasteiger partial charge in [0.15, 0.2) is 0 Å². The summed E-state index contributed by atoms with van der Waals surface area (Å²) < 4.78 is 18.4. The average molecular weight is 400 g/mol. The first kappa shape index (κ1) is 20.9. The zero-order valence-corrected chi connectivity index (χ0v) is 16.4. The number of benzene rings is 1. The van der Waals surface area contributed by atoms with Gasteiger partial charge in [0.1, 0.15) is 11.9 Å². The van der Waals surface area contributed by atoms with Crippen molar-refractivity contribution in [1.29, 1.82) is 0 Å². The number of ether oxygens (including phenoxy) is 1. The molecule has 2 aromatic rings. The number of halogens is 1. The molecular weight excluding hydrogens is 375 g/mol. The lowest BCUT2D eigenvalue weighted by Crippen LogP contribution is -2.48. The largest absolute Gasteiger partial charge is 0.366 e. The highest BCUT2D eigenvalue weighted by Crippen LogP contribution is 2.06. The summed E-state index contributed by atoms with van der Waals surface area (Å²) in [5, 5.41) is 5.68. The minimum atomic E-state index is -0.470. The fourth-order valence-electron chi connectivity index (χ4n) is 3.01. The minimum Gasteiger partial charge on any atom is -0.366 e. The highest BCUT2D eigenvalue weighted by molar-refractivity contribution is 5.81. The number of nitrogens with zero attached hydrogens (tertiary/aromatic N) is 2. The van der Waals surface area contributed by atoms with Gasteiger partial charge in [-0.05, 0) is 42.4 Å². The highest BCUT2D eigenvalue weighted by atomic mass is 19.1. The Bertz CT molecular complexity index is 844. The molecule has 7 nitrogen and oxygen atoms in total. The molecule has 0 saturated carbocycles. The highest BCUT2D eigenvalue weighted by Gasteiger charge is 2.24. The number of rotatable bonds is 7. The smallest absolute Gasteiger partial charge is 0.250 e. The van der Waals surface area contributed by atoms with E-state index in [2.05, 4.69) is 20.5 Å². The number of amides is 2. The summed E-state index contributed by atoms with van der Waals surface area (Å²) >= 11 is 0. The first-order valence-corrected chi connectivity index (χ1v) is 9.52. The number of morpholine rings is 1. The first-order valence-electron chi connectivity index (χ1n) is 9.52. The van der Waals surface area contributed by atoms with Gasteiger partial charge in [0, 0.05) is 25.8 Å². The number of hydrogen-bond acceptors (Lipinski definition) is 5. The fourth-order valence-corrected chi connectivity index (χ4v) is 3.01. The molecule has 0 aliphatic carbocycles. The molecule has 1 aromatic heterocycles. The number of nitrogens with one attached hydrogen (secondary N) is 2. The van der Waals surface area contributed by atoms with Crippen molar-refractivity contribution >= 4 is 11.8 Å². The predicted molar refractivity (Wildman–Crippen MR) is 105 cm³/mol. The van der Waals surface area contributed by atoms with Crippen LogP contribution in [-0.2, 0) is 33.8 Å². The Balaban J connectivity index is 1.45. The second kappa shape index (κ2) is 10.1. The van der Waals surface area contributed by atoms with Gasteiger partial charge in [-0.15, -0.1) is 0 Å². The van der Waals surface area contributed by atoms with Gasteiger partial charge in [-0.25, -0.2) is 4.39 Å². The van der Waals surface area contributed by atoms with Crippen LogP contribution in [0, 0.1) is 5.82 Å². The summed E-state index contributed by atoms with van der Waals surface area (Å²) in [7, 11) is 1.96. The Kier molecular flexibility index (Phi) is 7.26. The van der Waals surface area contributed by atoms with Gasteiger partial charge in [0.25, 0.3) is 5.91 Å². The first-order chi connectivity index (χ1) is 14.0. The van der Waals surface area contributed by atoms with Gasteiger partial charge in [-0.2, -0.15) is 0 Å². The molecule has 2 heterocycles. The monoisotopic (exact) mass is 400 g/mol. The summed E-state index contributed by atoms with van der Waals surface area (Å²) in [6.07, 6.45) is 1.36. The molecule has 1 fully saturated rings. The lowest BCUT2D eigenvalue weighted by molar-refractivity contribution is -0.138. The van der Waals surface area contributed by atoms with Crippen LogP contribution in [0.3, 0.4) is 0 Å². The van der Waals surface area contributed by atoms with Crippen molar-refractivity contribution in [2.75, 3.05) is 26.7 Å². The van der Waals surface area contributed by atoms with E-state index in [9.17, 15) is 14.0 Å². The zero-order chi connectivity index (χ0) is 20.6. The minimum absolute atomic E-state index is 0.151. The van der Waals surface area contributed by atoms with Gasteiger partial charge in [0.05, 0.1) is 25.3 Å². The maximum atomic E-state index is 12.9. The fraction of sp³-hybridized carbons (Fsp3) is 0.381. The van der Waals surface area contributed by atoms with E-state index >= 15 is 0 Å². The van der Waals surface area contributed by atoms with E-state index in [1.807, 2.05) is 19.2 Å². The Labute approximate surface area is 169 Å². The molecule has 0 bridgehead atoms. The van der Waals surface area contributed by atoms with Crippen LogP contribution >= 0.6 is 0 Å². The van der Waals surface area contributed by atoms with E-state index < -0.39 is 6.10 Å². The molecule has 1 aromatic carbocycles. The third kappa shape index (κ3) is 6.62. The van der Waals surface area contributed by atoms with Crippen LogP contribution in [-0.4, -0.2) is 54.5 Å². The average Bonchev–Trinajstić information content (AvgIpc) is 2.72. The Morgan fingerprint density at radius 3 is 2.72 bits per heavy atom. The second-order valence-electron chi connectivity index (χ2n) is 7.07. The molecule has 2 amide bonds. The Morgan fingerprint density at radius 2 is 1.97 bits per heavy atom. The van der Waals surface area contributed by atoms with Crippen LogP contribution in [0.5, 0.6) is 0 Å². The normalized spacial score (nSPS) is 17.0. The van der Waals surface area contributed by atoms with E-state index in [0.29, 0.717) is 31.9 Å². The van der Waals surface area contributed by atoms with Crippen LogP contribution < -0.4 is 10.6 Å². The molecule has 2 N–H and O–H groups in total. The van der Waals surface area contributed by atoms with Crippen LogP contribution in [0.1, 0.15) is 16.8 Å². The molecule has 8 heteroatoms. The summed E-state index contributed by atoms with van der Waals surface area (Å²) in [4.78, 5) is 30.6. The van der Waals surface area contributed by atoms with Gasteiger partial charge in [-0.1, -0.05) is 12.1 Å². The molecule has 0 radical (unpaired) electrons. The van der Waals surface area contributed by atoms with Crippen LogP contribution in [0.4, 0.5) is 4.39 Å². The van der Waals surface area contributed by atoms with E-state index in [-0.39, 0.29) is 24.1 Å². The molecule has 1 aliphatic rings. The van der Waals surface area contributed by atoms with Crippen LogP contribution in [0.25, 0.3) is 0 Å². The summed E-state index contributed by atoms with van der Waals surface area (Å²) in [6, 6.07) is 9.51. The van der Waals surface area contributed by atoms with E-state index in [1.54, 1.807) is 18.3 Å². The maximum absolute atomic E-state index is 12.9. The number of carbonyl (C=O) groups is 2. The molecule has 154 valence electrons. The standard InChI is InChI=1S/C21H25FN4O3/c1-26-8-9-29-19(14-26)21(28)25-13-18-10-16(6-7-23-18)12-24-20(27)11-15-2-4-17(22)5-3-15/h2-7,10,19H,8-9,11-14H2,1H3,(H,24,27)(H,25,28). The summed E-state index contributed by atoms with van der Waals surface area (Å²) in [5.74, 6) is -0.633. The Morgan fingerprint density at radius 1 is 1.17 bits per heavy atom. The number of likely N-dealkylation sites (N-methyl/N-ethyl adjacent to an activating group) is 1. The topological polar surface area (TPSA) is 83.6 Å². The zero-order valence-electron chi connectivity index (χ0n) is 16.4.